The predicted molar refractivity (Wildman–Crippen MR) is 103 cm³/mol. The van der Waals surface area contributed by atoms with Gasteiger partial charge in [-0.3, -0.25) is 4.79 Å². The maximum atomic E-state index is 12.6. The average molecular weight is 432 g/mol. The Kier molecular flexibility index (Phi) is 6.55. The zero-order valence-corrected chi connectivity index (χ0v) is 16.8. The van der Waals surface area contributed by atoms with Gasteiger partial charge in [-0.05, 0) is 30.4 Å². The number of guanidine groups is 1. The molecule has 2 aromatic heterocycles. The van der Waals surface area contributed by atoms with Crippen LogP contribution in [0.5, 0.6) is 0 Å². The van der Waals surface area contributed by atoms with Crippen LogP contribution in [0.4, 0.5) is 13.2 Å². The van der Waals surface area contributed by atoms with E-state index < -0.39 is 11.9 Å². The van der Waals surface area contributed by atoms with Crippen molar-refractivity contribution in [1.29, 1.82) is 0 Å². The van der Waals surface area contributed by atoms with E-state index in [2.05, 4.69) is 20.6 Å². The summed E-state index contributed by atoms with van der Waals surface area (Å²) in [7, 11) is 0. The van der Waals surface area contributed by atoms with E-state index in [0.717, 1.165) is 23.1 Å². The molecular weight excluding hydrogens is 411 g/mol. The zero-order valence-electron chi connectivity index (χ0n) is 15.2. The molecule has 1 amide bonds. The van der Waals surface area contributed by atoms with Crippen LogP contribution in [0.1, 0.15) is 28.1 Å². The Morgan fingerprint density at radius 2 is 2.18 bits per heavy atom. The predicted octanol–water partition coefficient (Wildman–Crippen LogP) is 2.86. The molecule has 3 rings (SSSR count). The summed E-state index contributed by atoms with van der Waals surface area (Å²) in [5.41, 5.74) is 0.284. The quantitative estimate of drug-likeness (QED) is 0.564. The lowest BCUT2D eigenvalue weighted by atomic mass is 10.1. The van der Waals surface area contributed by atoms with Gasteiger partial charge < -0.3 is 15.5 Å². The number of rotatable bonds is 5. The van der Waals surface area contributed by atoms with Gasteiger partial charge in [0.2, 0.25) is 5.91 Å². The third-order valence-electron chi connectivity index (χ3n) is 4.13. The highest BCUT2D eigenvalue weighted by atomic mass is 32.1. The molecule has 0 saturated heterocycles. The number of fused-ring (bicyclic) bond motifs is 1. The first-order valence-electron chi connectivity index (χ1n) is 8.73. The topological polar surface area (TPSA) is 69.6 Å². The minimum atomic E-state index is -4.45. The summed E-state index contributed by atoms with van der Waals surface area (Å²) < 4.78 is 37.9. The van der Waals surface area contributed by atoms with E-state index in [-0.39, 0.29) is 19.0 Å². The minimum absolute atomic E-state index is 0.0273. The van der Waals surface area contributed by atoms with Gasteiger partial charge in [0.25, 0.3) is 0 Å². The summed E-state index contributed by atoms with van der Waals surface area (Å²) >= 11 is 2.64. The van der Waals surface area contributed by atoms with Gasteiger partial charge in [0.05, 0.1) is 6.54 Å². The van der Waals surface area contributed by atoms with Crippen molar-refractivity contribution >= 4 is 34.5 Å². The van der Waals surface area contributed by atoms with Gasteiger partial charge in [-0.15, -0.1) is 22.7 Å². The number of hydrogen-bond donors (Lipinski definition) is 2. The third-order valence-corrected chi connectivity index (χ3v) is 6.00. The van der Waals surface area contributed by atoms with Crippen LogP contribution < -0.4 is 10.6 Å². The zero-order chi connectivity index (χ0) is 20.1. The minimum Gasteiger partial charge on any atom is -0.357 e. The largest absolute Gasteiger partial charge is 0.434 e. The number of nitrogens with zero attached hydrogens (tertiary/aromatic N) is 3. The Balaban J connectivity index is 1.55. The molecule has 0 spiro atoms. The lowest BCUT2D eigenvalue weighted by molar-refractivity contribution is -0.140. The second kappa shape index (κ2) is 8.91. The van der Waals surface area contributed by atoms with E-state index in [1.165, 1.54) is 10.4 Å². The fourth-order valence-electron chi connectivity index (χ4n) is 2.73. The van der Waals surface area contributed by atoms with Gasteiger partial charge >= 0.3 is 6.18 Å². The van der Waals surface area contributed by atoms with Crippen molar-refractivity contribution in [3.05, 3.63) is 38.0 Å². The van der Waals surface area contributed by atoms with Crippen LogP contribution in [0, 0.1) is 0 Å². The molecular formula is C17H20F3N5OS2. The van der Waals surface area contributed by atoms with Crippen LogP contribution in [-0.2, 0) is 30.5 Å². The van der Waals surface area contributed by atoms with E-state index in [1.54, 1.807) is 16.2 Å². The fraction of sp³-hybridized carbons (Fsp3) is 0.471. The normalized spacial score (nSPS) is 14.7. The Bertz CT molecular complexity index is 846. The van der Waals surface area contributed by atoms with E-state index in [9.17, 15) is 18.0 Å². The number of halogens is 3. The van der Waals surface area contributed by atoms with Crippen LogP contribution in [0.3, 0.4) is 0 Å². The first-order chi connectivity index (χ1) is 13.4. The highest BCUT2D eigenvalue weighted by Crippen LogP contribution is 2.30. The van der Waals surface area contributed by atoms with Gasteiger partial charge in [-0.25, -0.2) is 9.98 Å². The van der Waals surface area contributed by atoms with Crippen molar-refractivity contribution in [2.75, 3.05) is 19.6 Å². The maximum Gasteiger partial charge on any atom is 0.434 e. The standard InChI is InChI=1S/C17H20F3N5OS2/c1-2-21-16(22-7-14-24-13(10-28-14)17(18,19)20)23-8-15(26)25-5-3-12-11(9-25)4-6-27-12/h4,6,10H,2-3,5,7-9H2,1H3,(H2,21,22,23). The van der Waals surface area contributed by atoms with Gasteiger partial charge in [0, 0.05) is 29.9 Å². The molecule has 152 valence electrons. The first kappa shape index (κ1) is 20.6. The summed E-state index contributed by atoms with van der Waals surface area (Å²) in [5.74, 6) is 0.287. The molecule has 0 aliphatic carbocycles. The summed E-state index contributed by atoms with van der Waals surface area (Å²) in [4.78, 5) is 23.4. The van der Waals surface area contributed by atoms with Crippen LogP contribution in [0.25, 0.3) is 0 Å². The van der Waals surface area contributed by atoms with Gasteiger partial charge in [-0.1, -0.05) is 0 Å². The van der Waals surface area contributed by atoms with Crippen molar-refractivity contribution in [2.45, 2.75) is 32.6 Å². The lowest BCUT2D eigenvalue weighted by Crippen LogP contribution is -2.40. The molecule has 0 bridgehead atoms. The Morgan fingerprint density at radius 3 is 2.89 bits per heavy atom. The third kappa shape index (κ3) is 5.22. The fourth-order valence-corrected chi connectivity index (χ4v) is 4.36. The molecule has 0 saturated carbocycles. The maximum absolute atomic E-state index is 12.6. The van der Waals surface area contributed by atoms with Crippen molar-refractivity contribution in [1.82, 2.24) is 20.5 Å². The number of hydrogen-bond acceptors (Lipinski definition) is 5. The molecule has 11 heteroatoms. The number of nitrogens with one attached hydrogen (secondary N) is 2. The SMILES string of the molecule is CCNC(=NCC(=O)N1CCc2sccc2C1)NCc1nc(C(F)(F)F)cs1. The van der Waals surface area contributed by atoms with E-state index in [4.69, 9.17) is 0 Å². The van der Waals surface area contributed by atoms with Crippen LogP contribution >= 0.6 is 22.7 Å². The number of thiazole rings is 1. The molecule has 28 heavy (non-hydrogen) atoms. The van der Waals surface area contributed by atoms with E-state index in [1.807, 2.05) is 18.4 Å². The monoisotopic (exact) mass is 431 g/mol. The van der Waals surface area contributed by atoms with Crippen molar-refractivity contribution in [2.24, 2.45) is 4.99 Å². The molecule has 0 aromatic carbocycles. The van der Waals surface area contributed by atoms with Gasteiger partial charge in [-0.2, -0.15) is 13.2 Å². The summed E-state index contributed by atoms with van der Waals surface area (Å²) in [6.45, 7) is 3.77. The first-order valence-corrected chi connectivity index (χ1v) is 10.5. The Labute approximate surface area is 168 Å². The van der Waals surface area contributed by atoms with E-state index >= 15 is 0 Å². The number of carbonyl (C=O) groups is 1. The van der Waals surface area contributed by atoms with Crippen LogP contribution in [0.2, 0.25) is 0 Å². The smallest absolute Gasteiger partial charge is 0.357 e. The number of aromatic nitrogens is 1. The summed E-state index contributed by atoms with van der Waals surface area (Å²) in [6, 6.07) is 2.04. The van der Waals surface area contributed by atoms with Crippen LogP contribution in [0.15, 0.2) is 21.8 Å². The van der Waals surface area contributed by atoms with Crippen molar-refractivity contribution < 1.29 is 18.0 Å². The lowest BCUT2D eigenvalue weighted by Gasteiger charge is -2.26. The molecule has 1 aliphatic heterocycles. The molecule has 2 N–H and O–H groups in total. The summed E-state index contributed by atoms with van der Waals surface area (Å²) in [5, 5.41) is 9.22. The number of aliphatic imine (C=N–C) groups is 1. The molecule has 0 radical (unpaired) electrons. The van der Waals surface area contributed by atoms with Crippen molar-refractivity contribution in [3.8, 4) is 0 Å². The highest BCUT2D eigenvalue weighted by molar-refractivity contribution is 7.10. The average Bonchev–Trinajstić information content (AvgIpc) is 3.31. The highest BCUT2D eigenvalue weighted by Gasteiger charge is 2.33. The van der Waals surface area contributed by atoms with Crippen LogP contribution in [-0.4, -0.2) is 41.4 Å². The number of carbonyl (C=O) groups excluding carboxylic acids is 1. The molecule has 3 heterocycles. The molecule has 1 aliphatic rings. The second-order valence-corrected chi connectivity index (χ2v) is 8.05. The number of amides is 1. The molecule has 6 nitrogen and oxygen atoms in total. The summed E-state index contributed by atoms with van der Waals surface area (Å²) in [6.07, 6.45) is -3.59. The molecule has 0 unspecified atom stereocenters. The molecule has 2 aromatic rings. The molecule has 0 atom stereocenters. The number of thiophene rings is 1. The van der Waals surface area contributed by atoms with E-state index in [0.29, 0.717) is 30.6 Å². The Morgan fingerprint density at radius 1 is 1.36 bits per heavy atom. The van der Waals surface area contributed by atoms with Crippen molar-refractivity contribution in [3.63, 3.8) is 0 Å². The Hall–Kier alpha value is -2.14. The molecule has 0 fully saturated rings. The number of alkyl halides is 3. The second-order valence-electron chi connectivity index (χ2n) is 6.11. The van der Waals surface area contributed by atoms with Gasteiger partial charge in [0.15, 0.2) is 11.7 Å². The van der Waals surface area contributed by atoms with Gasteiger partial charge in [0.1, 0.15) is 11.6 Å².